The van der Waals surface area contributed by atoms with Crippen molar-refractivity contribution in [3.05, 3.63) is 63.6 Å². The minimum Gasteiger partial charge on any atom is -0.488 e. The minimum atomic E-state index is 0.0338. The van der Waals surface area contributed by atoms with Gasteiger partial charge in [0.15, 0.2) is 5.78 Å². The number of ketones is 1. The molecule has 1 aliphatic rings. The van der Waals surface area contributed by atoms with Crippen LogP contribution in [-0.2, 0) is 0 Å². The molecule has 0 radical (unpaired) electrons. The van der Waals surface area contributed by atoms with Crippen molar-refractivity contribution in [1.82, 2.24) is 0 Å². The molecular weight excluding hydrogens is 348 g/mol. The van der Waals surface area contributed by atoms with Gasteiger partial charge in [-0.15, -0.1) is 11.8 Å². The molecule has 2 nitrogen and oxygen atoms in total. The number of hydrogen-bond donors (Lipinski definition) is 0. The predicted molar refractivity (Wildman–Crippen MR) is 90.2 cm³/mol. The van der Waals surface area contributed by atoms with Crippen LogP contribution in [-0.4, -0.2) is 18.6 Å². The molecule has 1 aliphatic heterocycles. The Morgan fingerprint density at radius 1 is 1.19 bits per heavy atom. The molecule has 3 rings (SSSR count). The molecule has 0 spiro atoms. The fourth-order valence-corrected chi connectivity index (χ4v) is 2.98. The van der Waals surface area contributed by atoms with Crippen LogP contribution in [0.5, 0.6) is 5.75 Å². The molecule has 106 valence electrons. The van der Waals surface area contributed by atoms with E-state index in [-0.39, 0.29) is 5.78 Å². The SMILES string of the molecule is CSc1ccc(/C=C2\COc3ccc(Br)cc3C2=O)cc1. The van der Waals surface area contributed by atoms with Gasteiger partial charge in [-0.05, 0) is 48.2 Å². The monoisotopic (exact) mass is 360 g/mol. The fraction of sp³-hybridized carbons (Fsp3) is 0.118. The van der Waals surface area contributed by atoms with E-state index >= 15 is 0 Å². The summed E-state index contributed by atoms with van der Waals surface area (Å²) in [5, 5.41) is 0. The Bertz CT molecular complexity index is 720. The van der Waals surface area contributed by atoms with Crippen LogP contribution in [0, 0.1) is 0 Å². The highest BCUT2D eigenvalue weighted by atomic mass is 79.9. The van der Waals surface area contributed by atoms with Crippen LogP contribution in [0.4, 0.5) is 0 Å². The Morgan fingerprint density at radius 2 is 1.95 bits per heavy atom. The Hall–Kier alpha value is -1.52. The third-order valence-electron chi connectivity index (χ3n) is 3.32. The van der Waals surface area contributed by atoms with Crippen LogP contribution in [0.1, 0.15) is 15.9 Å². The normalized spacial score (nSPS) is 15.7. The number of Topliss-reactive ketones (excluding diaryl/α,β-unsaturated/α-hetero) is 1. The first kappa shape index (κ1) is 14.4. The molecule has 2 aromatic rings. The number of hydrogen-bond acceptors (Lipinski definition) is 3. The predicted octanol–water partition coefficient (Wildman–Crippen LogP) is 4.83. The van der Waals surface area contributed by atoms with Crippen molar-refractivity contribution in [2.24, 2.45) is 0 Å². The van der Waals surface area contributed by atoms with Crippen molar-refractivity contribution in [1.29, 1.82) is 0 Å². The van der Waals surface area contributed by atoms with Gasteiger partial charge in [-0.1, -0.05) is 28.1 Å². The molecule has 0 unspecified atom stereocenters. The van der Waals surface area contributed by atoms with E-state index in [4.69, 9.17) is 4.74 Å². The molecule has 1 heterocycles. The van der Waals surface area contributed by atoms with Gasteiger partial charge in [-0.2, -0.15) is 0 Å². The van der Waals surface area contributed by atoms with E-state index in [1.165, 1.54) is 4.90 Å². The lowest BCUT2D eigenvalue weighted by Crippen LogP contribution is -2.18. The van der Waals surface area contributed by atoms with Gasteiger partial charge in [0.05, 0.1) is 5.56 Å². The zero-order valence-corrected chi connectivity index (χ0v) is 13.8. The van der Waals surface area contributed by atoms with Gasteiger partial charge in [0.25, 0.3) is 0 Å². The van der Waals surface area contributed by atoms with Crippen molar-refractivity contribution >= 4 is 39.6 Å². The Balaban J connectivity index is 1.93. The molecule has 0 N–H and O–H groups in total. The topological polar surface area (TPSA) is 26.3 Å². The van der Waals surface area contributed by atoms with E-state index in [0.29, 0.717) is 23.5 Å². The van der Waals surface area contributed by atoms with Crippen molar-refractivity contribution in [2.75, 3.05) is 12.9 Å². The van der Waals surface area contributed by atoms with E-state index in [2.05, 4.69) is 28.1 Å². The van der Waals surface area contributed by atoms with Crippen LogP contribution in [0.3, 0.4) is 0 Å². The number of halogens is 1. The van der Waals surface area contributed by atoms with Crippen molar-refractivity contribution in [2.45, 2.75) is 4.90 Å². The number of benzene rings is 2. The van der Waals surface area contributed by atoms with Crippen LogP contribution in [0.2, 0.25) is 0 Å². The number of thioether (sulfide) groups is 1. The highest BCUT2D eigenvalue weighted by Gasteiger charge is 2.23. The second-order valence-electron chi connectivity index (χ2n) is 4.70. The summed E-state index contributed by atoms with van der Waals surface area (Å²) in [6.45, 7) is 0.317. The first-order chi connectivity index (χ1) is 10.2. The van der Waals surface area contributed by atoms with Crippen LogP contribution in [0.15, 0.2) is 57.4 Å². The van der Waals surface area contributed by atoms with Gasteiger partial charge in [-0.25, -0.2) is 0 Å². The van der Waals surface area contributed by atoms with Crippen LogP contribution in [0.25, 0.3) is 6.08 Å². The summed E-state index contributed by atoms with van der Waals surface area (Å²) in [5.74, 6) is 0.685. The smallest absolute Gasteiger partial charge is 0.196 e. The zero-order valence-electron chi connectivity index (χ0n) is 11.4. The Morgan fingerprint density at radius 3 is 2.67 bits per heavy atom. The van der Waals surface area contributed by atoms with E-state index in [0.717, 1.165) is 10.0 Å². The average molecular weight is 361 g/mol. The highest BCUT2D eigenvalue weighted by Crippen LogP contribution is 2.30. The summed E-state index contributed by atoms with van der Waals surface area (Å²) in [6, 6.07) is 13.6. The molecule has 0 aromatic heterocycles. The summed E-state index contributed by atoms with van der Waals surface area (Å²) in [4.78, 5) is 13.7. The molecule has 4 heteroatoms. The molecule has 0 amide bonds. The number of carbonyl (C=O) groups is 1. The van der Waals surface area contributed by atoms with Gasteiger partial charge in [0.1, 0.15) is 12.4 Å². The van der Waals surface area contributed by atoms with E-state index in [1.807, 2.05) is 42.7 Å². The molecular formula is C17H13BrO2S. The molecule has 0 fully saturated rings. The Labute approximate surface area is 136 Å². The van der Waals surface area contributed by atoms with Crippen molar-refractivity contribution in [3.8, 4) is 5.75 Å². The fourth-order valence-electron chi connectivity index (χ4n) is 2.21. The molecule has 0 saturated carbocycles. The maximum atomic E-state index is 12.5. The van der Waals surface area contributed by atoms with Crippen LogP contribution < -0.4 is 4.74 Å². The molecule has 21 heavy (non-hydrogen) atoms. The molecule has 2 aromatic carbocycles. The first-order valence-corrected chi connectivity index (χ1v) is 8.51. The van der Waals surface area contributed by atoms with Gasteiger partial charge < -0.3 is 4.74 Å². The van der Waals surface area contributed by atoms with Gasteiger partial charge in [0, 0.05) is 14.9 Å². The Kier molecular flexibility index (Phi) is 4.17. The molecule has 0 saturated heterocycles. The van der Waals surface area contributed by atoms with E-state index in [9.17, 15) is 4.79 Å². The number of fused-ring (bicyclic) bond motifs is 1. The van der Waals surface area contributed by atoms with Crippen molar-refractivity contribution < 1.29 is 9.53 Å². The first-order valence-electron chi connectivity index (χ1n) is 6.49. The van der Waals surface area contributed by atoms with Gasteiger partial charge in [0.2, 0.25) is 0 Å². The minimum absolute atomic E-state index is 0.0338. The summed E-state index contributed by atoms with van der Waals surface area (Å²) in [5.41, 5.74) is 2.30. The molecule has 0 aliphatic carbocycles. The number of ether oxygens (including phenoxy) is 1. The summed E-state index contributed by atoms with van der Waals surface area (Å²) in [6.07, 6.45) is 3.94. The quantitative estimate of drug-likeness (QED) is 0.566. The van der Waals surface area contributed by atoms with E-state index in [1.54, 1.807) is 11.8 Å². The van der Waals surface area contributed by atoms with Gasteiger partial charge >= 0.3 is 0 Å². The highest BCUT2D eigenvalue weighted by molar-refractivity contribution is 9.10. The standard InChI is InChI=1S/C17H13BrO2S/c1-21-14-5-2-11(3-6-14)8-12-10-20-16-7-4-13(18)9-15(16)17(12)19/h2-9H,10H2,1H3/b12-8+. The lowest BCUT2D eigenvalue weighted by Gasteiger charge is -2.19. The largest absolute Gasteiger partial charge is 0.488 e. The zero-order chi connectivity index (χ0) is 14.8. The summed E-state index contributed by atoms with van der Waals surface area (Å²) >= 11 is 5.09. The van der Waals surface area contributed by atoms with Gasteiger partial charge in [-0.3, -0.25) is 4.79 Å². The maximum Gasteiger partial charge on any atom is 0.196 e. The third kappa shape index (κ3) is 3.06. The second kappa shape index (κ2) is 6.08. The van der Waals surface area contributed by atoms with Crippen LogP contribution >= 0.6 is 27.7 Å². The lowest BCUT2D eigenvalue weighted by molar-refractivity contribution is 0.100. The lowest BCUT2D eigenvalue weighted by atomic mass is 9.98. The molecule has 0 bridgehead atoms. The number of rotatable bonds is 2. The summed E-state index contributed by atoms with van der Waals surface area (Å²) in [7, 11) is 0. The summed E-state index contributed by atoms with van der Waals surface area (Å²) < 4.78 is 6.54. The molecule has 0 atom stereocenters. The van der Waals surface area contributed by atoms with Crippen molar-refractivity contribution in [3.63, 3.8) is 0 Å². The maximum absolute atomic E-state index is 12.5. The third-order valence-corrected chi connectivity index (χ3v) is 4.55. The second-order valence-corrected chi connectivity index (χ2v) is 6.50. The average Bonchev–Trinajstić information content (AvgIpc) is 2.51. The number of carbonyl (C=O) groups excluding carboxylic acids is 1. The van der Waals surface area contributed by atoms with E-state index < -0.39 is 0 Å².